The van der Waals surface area contributed by atoms with Gasteiger partial charge in [-0.05, 0) is 12.1 Å². The molecule has 0 saturated carbocycles. The molecule has 9 nitrogen and oxygen atoms in total. The van der Waals surface area contributed by atoms with E-state index in [9.17, 15) is 8.42 Å². The Morgan fingerprint density at radius 3 is 2.41 bits per heavy atom. The van der Waals surface area contributed by atoms with Crippen LogP contribution in [0, 0.1) is 0 Å². The van der Waals surface area contributed by atoms with Gasteiger partial charge in [0.15, 0.2) is 17.3 Å². The van der Waals surface area contributed by atoms with Gasteiger partial charge >= 0.3 is 0 Å². The SMILES string of the molecule is CN(C)c1ncc(NS(=O)(=O)c2ccc3c(c2)OCCCO3)c(N(C)C)n1. The average molecular weight is 393 g/mol. The number of sulfonamides is 1. The molecule has 1 N–H and O–H groups in total. The molecule has 0 spiro atoms. The normalized spacial score (nSPS) is 13.6. The zero-order chi connectivity index (χ0) is 19.6. The summed E-state index contributed by atoms with van der Waals surface area (Å²) in [5.74, 6) is 1.91. The highest BCUT2D eigenvalue weighted by Crippen LogP contribution is 2.33. The highest BCUT2D eigenvalue weighted by molar-refractivity contribution is 7.92. The minimum absolute atomic E-state index is 0.0770. The molecule has 2 aromatic rings. The molecule has 0 radical (unpaired) electrons. The van der Waals surface area contributed by atoms with E-state index in [-0.39, 0.29) is 10.6 Å². The van der Waals surface area contributed by atoms with Crippen molar-refractivity contribution in [1.29, 1.82) is 0 Å². The van der Waals surface area contributed by atoms with Gasteiger partial charge in [-0.15, -0.1) is 0 Å². The predicted molar refractivity (Wildman–Crippen MR) is 104 cm³/mol. The largest absolute Gasteiger partial charge is 0.490 e. The molecule has 1 aromatic heterocycles. The fourth-order valence-corrected chi connectivity index (χ4v) is 3.57. The Bertz CT molecular complexity index is 931. The number of rotatable bonds is 5. The number of aromatic nitrogens is 2. The third-order valence-corrected chi connectivity index (χ3v) is 5.22. The lowest BCUT2D eigenvalue weighted by molar-refractivity contribution is 0.297. The first-order valence-corrected chi connectivity index (χ1v) is 9.90. The van der Waals surface area contributed by atoms with Gasteiger partial charge in [-0.2, -0.15) is 4.98 Å². The van der Waals surface area contributed by atoms with Crippen molar-refractivity contribution in [3.05, 3.63) is 24.4 Å². The highest BCUT2D eigenvalue weighted by atomic mass is 32.2. The lowest BCUT2D eigenvalue weighted by atomic mass is 10.3. The summed E-state index contributed by atoms with van der Waals surface area (Å²) in [5, 5.41) is 0. The van der Waals surface area contributed by atoms with Crippen molar-refractivity contribution in [2.75, 3.05) is 55.9 Å². The number of nitrogens with one attached hydrogen (secondary N) is 1. The molecule has 0 aliphatic carbocycles. The Labute approximate surface area is 159 Å². The van der Waals surface area contributed by atoms with E-state index in [4.69, 9.17) is 9.47 Å². The molecule has 1 aliphatic rings. The smallest absolute Gasteiger partial charge is 0.262 e. The zero-order valence-electron chi connectivity index (χ0n) is 15.8. The summed E-state index contributed by atoms with van der Waals surface area (Å²) in [7, 11) is 3.35. The fraction of sp³-hybridized carbons (Fsp3) is 0.412. The van der Waals surface area contributed by atoms with Crippen LogP contribution in [0.4, 0.5) is 17.5 Å². The molecular weight excluding hydrogens is 370 g/mol. The van der Waals surface area contributed by atoms with Crippen molar-refractivity contribution in [2.24, 2.45) is 0 Å². The Kier molecular flexibility index (Phi) is 5.26. The van der Waals surface area contributed by atoms with E-state index in [1.54, 1.807) is 30.0 Å². The highest BCUT2D eigenvalue weighted by Gasteiger charge is 2.21. The maximum atomic E-state index is 12.9. The van der Waals surface area contributed by atoms with E-state index in [0.717, 1.165) is 6.42 Å². The Balaban J connectivity index is 1.94. The molecule has 3 rings (SSSR count). The maximum absolute atomic E-state index is 12.9. The molecule has 1 aliphatic heterocycles. The zero-order valence-corrected chi connectivity index (χ0v) is 16.6. The summed E-state index contributed by atoms with van der Waals surface area (Å²) < 4.78 is 39.4. The third-order valence-electron chi connectivity index (χ3n) is 3.85. The minimum atomic E-state index is -3.85. The van der Waals surface area contributed by atoms with Crippen molar-refractivity contribution in [1.82, 2.24) is 9.97 Å². The van der Waals surface area contributed by atoms with E-state index < -0.39 is 10.0 Å². The first-order chi connectivity index (χ1) is 12.8. The van der Waals surface area contributed by atoms with E-state index in [2.05, 4.69) is 14.7 Å². The van der Waals surface area contributed by atoms with Gasteiger partial charge in [-0.25, -0.2) is 13.4 Å². The van der Waals surface area contributed by atoms with Gasteiger partial charge in [-0.1, -0.05) is 0 Å². The fourth-order valence-electron chi connectivity index (χ4n) is 2.51. The van der Waals surface area contributed by atoms with Crippen LogP contribution in [0.2, 0.25) is 0 Å². The van der Waals surface area contributed by atoms with Crippen LogP contribution in [0.25, 0.3) is 0 Å². The van der Waals surface area contributed by atoms with Crippen LogP contribution in [-0.2, 0) is 10.0 Å². The monoisotopic (exact) mass is 393 g/mol. The lowest BCUT2D eigenvalue weighted by Gasteiger charge is -2.20. The van der Waals surface area contributed by atoms with E-state index in [1.165, 1.54) is 18.3 Å². The van der Waals surface area contributed by atoms with Gasteiger partial charge in [0.2, 0.25) is 5.95 Å². The molecule has 1 aromatic carbocycles. The Morgan fingerprint density at radius 1 is 1.04 bits per heavy atom. The second kappa shape index (κ2) is 7.47. The van der Waals surface area contributed by atoms with Gasteiger partial charge in [-0.3, -0.25) is 4.72 Å². The Morgan fingerprint density at radius 2 is 1.74 bits per heavy atom. The van der Waals surface area contributed by atoms with E-state index in [0.29, 0.717) is 36.5 Å². The second-order valence-corrected chi connectivity index (χ2v) is 8.14. The molecule has 0 bridgehead atoms. The van der Waals surface area contributed by atoms with Crippen LogP contribution >= 0.6 is 0 Å². The molecule has 146 valence electrons. The third kappa shape index (κ3) is 4.16. The van der Waals surface area contributed by atoms with Gasteiger partial charge in [0.25, 0.3) is 10.0 Å². The number of nitrogens with zero attached hydrogens (tertiary/aromatic N) is 4. The molecule has 0 unspecified atom stereocenters. The number of hydrogen-bond acceptors (Lipinski definition) is 8. The van der Waals surface area contributed by atoms with Gasteiger partial charge in [0.05, 0.1) is 24.3 Å². The number of ether oxygens (including phenoxy) is 2. The first kappa shape index (κ1) is 19.0. The molecule has 27 heavy (non-hydrogen) atoms. The van der Waals surface area contributed by atoms with Crippen LogP contribution in [-0.4, -0.2) is 59.8 Å². The van der Waals surface area contributed by atoms with Crippen molar-refractivity contribution < 1.29 is 17.9 Å². The van der Waals surface area contributed by atoms with Crippen molar-refractivity contribution >= 4 is 27.5 Å². The van der Waals surface area contributed by atoms with Crippen LogP contribution in [0.3, 0.4) is 0 Å². The van der Waals surface area contributed by atoms with Crippen LogP contribution in [0.15, 0.2) is 29.3 Å². The molecule has 0 amide bonds. The number of anilines is 3. The summed E-state index contributed by atoms with van der Waals surface area (Å²) in [4.78, 5) is 12.1. The van der Waals surface area contributed by atoms with Crippen LogP contribution < -0.4 is 24.0 Å². The van der Waals surface area contributed by atoms with E-state index >= 15 is 0 Å². The van der Waals surface area contributed by atoms with E-state index in [1.807, 2.05) is 14.1 Å². The Hall–Kier alpha value is -2.75. The predicted octanol–water partition coefficient (Wildman–Crippen LogP) is 1.57. The number of benzene rings is 1. The summed E-state index contributed by atoms with van der Waals surface area (Å²) in [5.41, 5.74) is 0.290. The lowest BCUT2D eigenvalue weighted by Crippen LogP contribution is -2.21. The second-order valence-electron chi connectivity index (χ2n) is 6.46. The van der Waals surface area contributed by atoms with Crippen molar-refractivity contribution in [3.63, 3.8) is 0 Å². The first-order valence-electron chi connectivity index (χ1n) is 8.42. The topological polar surface area (TPSA) is 96.9 Å². The van der Waals surface area contributed by atoms with Gasteiger partial charge in [0.1, 0.15) is 5.69 Å². The molecular formula is C17H23N5O4S. The number of hydrogen-bond donors (Lipinski definition) is 1. The summed E-state index contributed by atoms with van der Waals surface area (Å²) in [6.07, 6.45) is 2.20. The molecule has 0 fully saturated rings. The molecule has 2 heterocycles. The summed E-state index contributed by atoms with van der Waals surface area (Å²) in [6.45, 7) is 1.02. The quantitative estimate of drug-likeness (QED) is 0.818. The molecule has 0 saturated heterocycles. The van der Waals surface area contributed by atoms with Gasteiger partial charge in [0, 0.05) is 40.7 Å². The van der Waals surface area contributed by atoms with Crippen LogP contribution in [0.1, 0.15) is 6.42 Å². The number of fused-ring (bicyclic) bond motifs is 1. The van der Waals surface area contributed by atoms with Gasteiger partial charge < -0.3 is 19.3 Å². The summed E-state index contributed by atoms with van der Waals surface area (Å²) >= 11 is 0. The van der Waals surface area contributed by atoms with Crippen LogP contribution in [0.5, 0.6) is 11.5 Å². The minimum Gasteiger partial charge on any atom is -0.490 e. The summed E-state index contributed by atoms with van der Waals surface area (Å²) in [6, 6.07) is 4.56. The molecule has 10 heteroatoms. The average Bonchev–Trinajstić information content (AvgIpc) is 2.86. The standard InChI is InChI=1S/C17H23N5O4S/c1-21(2)16-13(11-18-17(19-16)22(3)4)20-27(23,24)12-6-7-14-15(10-12)26-9-5-8-25-14/h6-7,10-11,20H,5,8-9H2,1-4H3. The molecule has 0 atom stereocenters. The van der Waals surface area contributed by atoms with Crippen molar-refractivity contribution in [2.45, 2.75) is 11.3 Å². The maximum Gasteiger partial charge on any atom is 0.262 e. The van der Waals surface area contributed by atoms with Crippen molar-refractivity contribution in [3.8, 4) is 11.5 Å².